The van der Waals surface area contributed by atoms with Gasteiger partial charge in [-0.2, -0.15) is 0 Å². The second-order valence-electron chi connectivity index (χ2n) is 5.32. The molecule has 4 heteroatoms. The predicted molar refractivity (Wildman–Crippen MR) is 81.6 cm³/mol. The number of hydrogen-bond donors (Lipinski definition) is 1. The third-order valence-electron chi connectivity index (χ3n) is 3.98. The van der Waals surface area contributed by atoms with Gasteiger partial charge in [0.2, 0.25) is 5.91 Å². The molecule has 1 amide bonds. The van der Waals surface area contributed by atoms with Crippen LogP contribution in [0.4, 0.5) is 0 Å². The molecule has 0 saturated carbocycles. The zero-order chi connectivity index (χ0) is 14.1. The Morgan fingerprint density at radius 3 is 2.95 bits per heavy atom. The summed E-state index contributed by atoms with van der Waals surface area (Å²) in [5, 5.41) is 3.05. The van der Waals surface area contributed by atoms with Crippen molar-refractivity contribution in [2.75, 3.05) is 6.54 Å². The summed E-state index contributed by atoms with van der Waals surface area (Å²) >= 11 is 6.20. The molecule has 0 aromatic heterocycles. The summed E-state index contributed by atoms with van der Waals surface area (Å²) in [6, 6.07) is 12.0. The van der Waals surface area contributed by atoms with E-state index in [0.29, 0.717) is 6.54 Å². The summed E-state index contributed by atoms with van der Waals surface area (Å²) in [7, 11) is 0. The highest BCUT2D eigenvalue weighted by Gasteiger charge is 2.29. The average molecular weight is 289 g/mol. The summed E-state index contributed by atoms with van der Waals surface area (Å²) in [6.45, 7) is 1.63. The van der Waals surface area contributed by atoms with Gasteiger partial charge in [0.1, 0.15) is 0 Å². The van der Waals surface area contributed by atoms with Gasteiger partial charge in [0.05, 0.1) is 6.04 Å². The molecule has 1 saturated heterocycles. The van der Waals surface area contributed by atoms with Crippen LogP contribution in [0.3, 0.4) is 0 Å². The zero-order valence-electron chi connectivity index (χ0n) is 11.2. The fourth-order valence-corrected chi connectivity index (χ4v) is 3.29. The van der Waals surface area contributed by atoms with E-state index in [1.807, 2.05) is 24.3 Å². The van der Waals surface area contributed by atoms with E-state index in [9.17, 15) is 4.79 Å². The van der Waals surface area contributed by atoms with Gasteiger partial charge in [-0.05, 0) is 47.9 Å². The molecule has 104 valence electrons. The van der Waals surface area contributed by atoms with Crippen LogP contribution >= 0.6 is 11.6 Å². The van der Waals surface area contributed by atoms with Gasteiger partial charge in [0.15, 0.2) is 0 Å². The Morgan fingerprint density at radius 1 is 1.35 bits per heavy atom. The number of halogens is 1. The van der Waals surface area contributed by atoms with Crippen molar-refractivity contribution in [2.45, 2.75) is 25.4 Å². The van der Waals surface area contributed by atoms with Crippen LogP contribution in [0.25, 0.3) is 10.8 Å². The number of amides is 1. The number of fused-ring (bicyclic) bond motifs is 1. The molecule has 0 unspecified atom stereocenters. The van der Waals surface area contributed by atoms with Crippen LogP contribution in [0.15, 0.2) is 36.4 Å². The quantitative estimate of drug-likeness (QED) is 0.944. The van der Waals surface area contributed by atoms with Crippen LogP contribution in [-0.2, 0) is 11.3 Å². The Balaban J connectivity index is 1.96. The van der Waals surface area contributed by atoms with Crippen LogP contribution in [0.5, 0.6) is 0 Å². The summed E-state index contributed by atoms with van der Waals surface area (Å²) in [6.07, 6.45) is 1.87. The van der Waals surface area contributed by atoms with Crippen molar-refractivity contribution in [2.24, 2.45) is 5.73 Å². The van der Waals surface area contributed by atoms with Crippen LogP contribution in [0.1, 0.15) is 18.4 Å². The van der Waals surface area contributed by atoms with E-state index in [1.165, 1.54) is 5.39 Å². The third kappa shape index (κ3) is 2.51. The number of benzene rings is 2. The maximum atomic E-state index is 11.5. The van der Waals surface area contributed by atoms with E-state index in [-0.39, 0.29) is 11.9 Å². The lowest BCUT2D eigenvalue weighted by molar-refractivity contribution is -0.122. The molecule has 1 atom stereocenters. The fraction of sp³-hybridized carbons (Fsp3) is 0.312. The number of carbonyl (C=O) groups is 1. The molecule has 1 aliphatic rings. The highest BCUT2D eigenvalue weighted by molar-refractivity contribution is 6.31. The molecule has 2 N–H and O–H groups in total. The molecule has 0 radical (unpaired) electrons. The number of carbonyl (C=O) groups excluding carboxylic acids is 1. The molecule has 1 fully saturated rings. The van der Waals surface area contributed by atoms with Crippen molar-refractivity contribution < 1.29 is 4.79 Å². The molecule has 3 nitrogen and oxygen atoms in total. The lowest BCUT2D eigenvalue weighted by Gasteiger charge is -2.22. The van der Waals surface area contributed by atoms with Crippen molar-refractivity contribution in [3.63, 3.8) is 0 Å². The normalized spacial score (nSPS) is 19.6. The van der Waals surface area contributed by atoms with Crippen molar-refractivity contribution in [3.05, 3.63) is 47.0 Å². The summed E-state index contributed by atoms with van der Waals surface area (Å²) in [5.41, 5.74) is 6.63. The van der Waals surface area contributed by atoms with Gasteiger partial charge in [-0.25, -0.2) is 0 Å². The van der Waals surface area contributed by atoms with Gasteiger partial charge in [-0.3, -0.25) is 9.69 Å². The largest absolute Gasteiger partial charge is 0.368 e. The van der Waals surface area contributed by atoms with Gasteiger partial charge >= 0.3 is 0 Å². The van der Waals surface area contributed by atoms with E-state index in [2.05, 4.69) is 17.0 Å². The number of rotatable bonds is 3. The lowest BCUT2D eigenvalue weighted by atomic mass is 10.0. The summed E-state index contributed by atoms with van der Waals surface area (Å²) in [4.78, 5) is 13.6. The number of primary amides is 1. The third-order valence-corrected chi connectivity index (χ3v) is 4.20. The van der Waals surface area contributed by atoms with Crippen LogP contribution in [0.2, 0.25) is 5.02 Å². The Bertz CT molecular complexity index is 656. The van der Waals surface area contributed by atoms with Crippen molar-refractivity contribution in [1.82, 2.24) is 4.90 Å². The molecule has 0 bridgehead atoms. The number of hydrogen-bond acceptors (Lipinski definition) is 2. The first kappa shape index (κ1) is 13.4. The number of nitrogens with two attached hydrogens (primary N) is 1. The Kier molecular flexibility index (Phi) is 3.64. The highest BCUT2D eigenvalue weighted by atomic mass is 35.5. The molecular formula is C16H17ClN2O. The first-order valence-electron chi connectivity index (χ1n) is 6.85. The first-order chi connectivity index (χ1) is 9.65. The Labute approximate surface area is 123 Å². The Hall–Kier alpha value is -1.58. The Morgan fingerprint density at radius 2 is 2.15 bits per heavy atom. The standard InChI is InChI=1S/C16H17ClN2O/c17-13-8-11-4-1-2-5-14(11)12(9-13)10-19-7-3-6-15(19)16(18)20/h1-2,4-5,8-9,15H,3,6-7,10H2,(H2,18,20)/t15-/m0/s1. The van der Waals surface area contributed by atoms with Crippen molar-refractivity contribution in [3.8, 4) is 0 Å². The number of nitrogens with zero attached hydrogens (tertiary/aromatic N) is 1. The molecule has 20 heavy (non-hydrogen) atoms. The fourth-order valence-electron chi connectivity index (χ4n) is 3.04. The molecule has 3 rings (SSSR count). The van der Waals surface area contributed by atoms with Gasteiger partial charge in [-0.15, -0.1) is 0 Å². The van der Waals surface area contributed by atoms with E-state index >= 15 is 0 Å². The van der Waals surface area contributed by atoms with Crippen LogP contribution in [0, 0.1) is 0 Å². The minimum atomic E-state index is -0.228. The molecule has 2 aromatic carbocycles. The van der Waals surface area contributed by atoms with Gasteiger partial charge in [0, 0.05) is 11.6 Å². The molecule has 1 aliphatic heterocycles. The van der Waals surface area contributed by atoms with Gasteiger partial charge in [0.25, 0.3) is 0 Å². The molecule has 0 aliphatic carbocycles. The van der Waals surface area contributed by atoms with E-state index in [1.54, 1.807) is 0 Å². The first-order valence-corrected chi connectivity index (χ1v) is 7.23. The smallest absolute Gasteiger partial charge is 0.234 e. The minimum absolute atomic E-state index is 0.146. The summed E-state index contributed by atoms with van der Waals surface area (Å²) in [5.74, 6) is -0.228. The van der Waals surface area contributed by atoms with E-state index in [0.717, 1.165) is 35.4 Å². The zero-order valence-corrected chi connectivity index (χ0v) is 11.9. The molecule has 2 aromatic rings. The maximum Gasteiger partial charge on any atom is 0.234 e. The predicted octanol–water partition coefficient (Wildman–Crippen LogP) is 2.94. The van der Waals surface area contributed by atoms with Crippen LogP contribution < -0.4 is 5.73 Å². The average Bonchev–Trinajstić information content (AvgIpc) is 2.87. The topological polar surface area (TPSA) is 46.3 Å². The number of likely N-dealkylation sites (tertiary alicyclic amines) is 1. The monoisotopic (exact) mass is 288 g/mol. The minimum Gasteiger partial charge on any atom is -0.368 e. The van der Waals surface area contributed by atoms with Gasteiger partial charge in [-0.1, -0.05) is 35.9 Å². The molecule has 1 heterocycles. The summed E-state index contributed by atoms with van der Waals surface area (Å²) < 4.78 is 0. The van der Waals surface area contributed by atoms with Gasteiger partial charge < -0.3 is 5.73 Å². The second-order valence-corrected chi connectivity index (χ2v) is 5.75. The highest BCUT2D eigenvalue weighted by Crippen LogP contribution is 2.27. The van der Waals surface area contributed by atoms with Crippen molar-refractivity contribution >= 4 is 28.3 Å². The molecular weight excluding hydrogens is 272 g/mol. The van der Waals surface area contributed by atoms with Crippen LogP contribution in [-0.4, -0.2) is 23.4 Å². The molecule has 0 spiro atoms. The second kappa shape index (κ2) is 5.43. The lowest BCUT2D eigenvalue weighted by Crippen LogP contribution is -2.39. The maximum absolute atomic E-state index is 11.5. The van der Waals surface area contributed by atoms with E-state index < -0.39 is 0 Å². The van der Waals surface area contributed by atoms with Crippen molar-refractivity contribution in [1.29, 1.82) is 0 Å². The van der Waals surface area contributed by atoms with E-state index in [4.69, 9.17) is 17.3 Å². The SMILES string of the molecule is NC(=O)[C@@H]1CCCN1Cc1cc(Cl)cc2ccccc12.